The van der Waals surface area contributed by atoms with Gasteiger partial charge in [-0.05, 0) is 14.1 Å². The van der Waals surface area contributed by atoms with Gasteiger partial charge in [0.25, 0.3) is 0 Å². The summed E-state index contributed by atoms with van der Waals surface area (Å²) in [5.74, 6) is 0.127. The zero-order valence-electron chi connectivity index (χ0n) is 7.35. The van der Waals surface area contributed by atoms with Crippen molar-refractivity contribution in [3.63, 3.8) is 0 Å². The van der Waals surface area contributed by atoms with Crippen molar-refractivity contribution in [2.45, 2.75) is 13.3 Å². The number of hydrogen-bond acceptors (Lipinski definition) is 2. The second kappa shape index (κ2) is 7.82. The molecule has 68 valence electrons. The normalized spacial score (nSPS) is 9.09. The van der Waals surface area contributed by atoms with Crippen LogP contribution in [0.2, 0.25) is 0 Å². The average Bonchev–Trinajstić information content (AvgIpc) is 1.87. The Labute approximate surface area is 74.6 Å². The third-order valence-corrected chi connectivity index (χ3v) is 1.20. The zero-order valence-corrected chi connectivity index (χ0v) is 8.11. The van der Waals surface area contributed by atoms with Crippen LogP contribution in [0.25, 0.3) is 0 Å². The van der Waals surface area contributed by atoms with E-state index in [4.69, 9.17) is 0 Å². The molecule has 0 unspecified atom stereocenters. The molecule has 0 radical (unpaired) electrons. The van der Waals surface area contributed by atoms with Crippen LogP contribution in [-0.2, 0) is 4.79 Å². The number of likely N-dealkylation sites (N-methyl/N-ethyl adjacent to an activating group) is 1. The van der Waals surface area contributed by atoms with Gasteiger partial charge in [-0.2, -0.15) is 0 Å². The molecule has 0 atom stereocenters. The molecule has 0 bridgehead atoms. The van der Waals surface area contributed by atoms with Gasteiger partial charge in [0.2, 0.25) is 5.91 Å². The molecular weight excluding hydrogens is 164 g/mol. The molecule has 0 rings (SSSR count). The molecule has 0 aromatic heterocycles. The third kappa shape index (κ3) is 9.72. The van der Waals surface area contributed by atoms with Gasteiger partial charge in [0.05, 0.1) is 0 Å². The molecule has 0 aliphatic heterocycles. The highest BCUT2D eigenvalue weighted by Crippen LogP contribution is 1.75. The fourth-order valence-corrected chi connectivity index (χ4v) is 0.544. The Morgan fingerprint density at radius 3 is 2.36 bits per heavy atom. The minimum Gasteiger partial charge on any atom is -1.00 e. The SMILES string of the molecule is CCC(=O)NCCN(C)C.[Cl-]. The number of carbonyl (C=O) groups excluding carboxylic acids is 1. The highest BCUT2D eigenvalue weighted by Gasteiger charge is 1.94. The first kappa shape index (κ1) is 13.3. The number of nitrogens with zero attached hydrogens (tertiary/aromatic N) is 1. The molecule has 1 N–H and O–H groups in total. The quantitative estimate of drug-likeness (QED) is 0.502. The molecule has 0 saturated heterocycles. The van der Waals surface area contributed by atoms with E-state index in [2.05, 4.69) is 5.32 Å². The number of hydrogen-bond donors (Lipinski definition) is 1. The van der Waals surface area contributed by atoms with E-state index in [9.17, 15) is 4.79 Å². The summed E-state index contributed by atoms with van der Waals surface area (Å²) in [6.07, 6.45) is 0.577. The molecule has 0 saturated carbocycles. The second-order valence-corrected chi connectivity index (χ2v) is 2.51. The maximum absolute atomic E-state index is 10.7. The number of halogens is 1. The Morgan fingerprint density at radius 2 is 2.00 bits per heavy atom. The van der Waals surface area contributed by atoms with Gasteiger partial charge in [-0.3, -0.25) is 4.79 Å². The van der Waals surface area contributed by atoms with Crippen molar-refractivity contribution in [1.29, 1.82) is 0 Å². The molecule has 3 nitrogen and oxygen atoms in total. The third-order valence-electron chi connectivity index (χ3n) is 1.20. The van der Waals surface area contributed by atoms with Crippen LogP contribution in [0.3, 0.4) is 0 Å². The number of carbonyl (C=O) groups is 1. The van der Waals surface area contributed by atoms with Gasteiger partial charge in [-0.25, -0.2) is 0 Å². The lowest BCUT2D eigenvalue weighted by atomic mass is 10.4. The van der Waals surface area contributed by atoms with Crippen LogP contribution >= 0.6 is 0 Å². The Morgan fingerprint density at radius 1 is 1.45 bits per heavy atom. The number of amides is 1. The van der Waals surface area contributed by atoms with Crippen LogP contribution in [0.4, 0.5) is 0 Å². The first-order valence-electron chi connectivity index (χ1n) is 3.58. The van der Waals surface area contributed by atoms with Crippen molar-refractivity contribution in [3.05, 3.63) is 0 Å². The maximum Gasteiger partial charge on any atom is 0.219 e. The summed E-state index contributed by atoms with van der Waals surface area (Å²) >= 11 is 0. The standard InChI is InChI=1S/C7H16N2O.ClH/c1-4-7(10)8-5-6-9(2)3;/h4-6H2,1-3H3,(H,8,10);1H/p-1. The molecule has 0 aliphatic carbocycles. The van der Waals surface area contributed by atoms with Gasteiger partial charge in [0.1, 0.15) is 0 Å². The van der Waals surface area contributed by atoms with Crippen LogP contribution in [0, 0.1) is 0 Å². The Hall–Kier alpha value is -0.280. The molecule has 1 amide bonds. The molecule has 0 heterocycles. The van der Waals surface area contributed by atoms with E-state index in [-0.39, 0.29) is 18.3 Å². The van der Waals surface area contributed by atoms with E-state index >= 15 is 0 Å². The van der Waals surface area contributed by atoms with Crippen LogP contribution in [0.15, 0.2) is 0 Å². The fourth-order valence-electron chi connectivity index (χ4n) is 0.544. The van der Waals surface area contributed by atoms with Crippen molar-refractivity contribution >= 4 is 5.91 Å². The first-order chi connectivity index (χ1) is 4.66. The van der Waals surface area contributed by atoms with Gasteiger partial charge in [-0.15, -0.1) is 0 Å². The topological polar surface area (TPSA) is 32.3 Å². The maximum atomic E-state index is 10.7. The smallest absolute Gasteiger partial charge is 0.219 e. The van der Waals surface area contributed by atoms with Gasteiger partial charge < -0.3 is 22.6 Å². The zero-order chi connectivity index (χ0) is 7.98. The molecular formula is C7H16ClN2O-. The summed E-state index contributed by atoms with van der Waals surface area (Å²) < 4.78 is 0. The summed E-state index contributed by atoms with van der Waals surface area (Å²) in [6.45, 7) is 3.51. The summed E-state index contributed by atoms with van der Waals surface area (Å²) in [7, 11) is 3.97. The average molecular weight is 180 g/mol. The van der Waals surface area contributed by atoms with Crippen molar-refractivity contribution < 1.29 is 17.2 Å². The van der Waals surface area contributed by atoms with Gasteiger partial charge in [-0.1, -0.05) is 6.92 Å². The monoisotopic (exact) mass is 179 g/mol. The van der Waals surface area contributed by atoms with E-state index in [1.165, 1.54) is 0 Å². The largest absolute Gasteiger partial charge is 1.00 e. The predicted molar refractivity (Wildman–Crippen MR) is 41.9 cm³/mol. The molecule has 4 heteroatoms. The lowest BCUT2D eigenvalue weighted by Gasteiger charge is -2.09. The van der Waals surface area contributed by atoms with Crippen LogP contribution < -0.4 is 17.7 Å². The highest BCUT2D eigenvalue weighted by molar-refractivity contribution is 5.75. The predicted octanol–water partition coefficient (Wildman–Crippen LogP) is -2.92. The molecule has 0 aromatic rings. The number of nitrogens with one attached hydrogen (secondary N) is 1. The molecule has 11 heavy (non-hydrogen) atoms. The summed E-state index contributed by atoms with van der Waals surface area (Å²) in [5.41, 5.74) is 0. The van der Waals surface area contributed by atoms with Crippen LogP contribution in [0.5, 0.6) is 0 Å². The van der Waals surface area contributed by atoms with E-state index < -0.39 is 0 Å². The van der Waals surface area contributed by atoms with Crippen molar-refractivity contribution in [2.24, 2.45) is 0 Å². The van der Waals surface area contributed by atoms with Gasteiger partial charge in [0.15, 0.2) is 0 Å². The molecule has 0 aliphatic rings. The first-order valence-corrected chi connectivity index (χ1v) is 3.58. The van der Waals surface area contributed by atoms with Crippen LogP contribution in [0.1, 0.15) is 13.3 Å². The van der Waals surface area contributed by atoms with E-state index in [1.54, 1.807) is 0 Å². The summed E-state index contributed by atoms with van der Waals surface area (Å²) in [5, 5.41) is 2.78. The second-order valence-electron chi connectivity index (χ2n) is 2.51. The molecule has 0 aromatic carbocycles. The summed E-state index contributed by atoms with van der Waals surface area (Å²) in [6, 6.07) is 0. The lowest BCUT2D eigenvalue weighted by molar-refractivity contribution is -0.120. The van der Waals surface area contributed by atoms with E-state index in [0.717, 1.165) is 13.1 Å². The van der Waals surface area contributed by atoms with E-state index in [1.807, 2.05) is 25.9 Å². The van der Waals surface area contributed by atoms with E-state index in [0.29, 0.717) is 6.42 Å². The molecule has 0 fully saturated rings. The highest BCUT2D eigenvalue weighted by atomic mass is 35.5. The fraction of sp³-hybridized carbons (Fsp3) is 0.857. The number of rotatable bonds is 4. The Bertz CT molecular complexity index is 107. The lowest BCUT2D eigenvalue weighted by Crippen LogP contribution is -3.00. The van der Waals surface area contributed by atoms with Crippen LogP contribution in [-0.4, -0.2) is 38.0 Å². The van der Waals surface area contributed by atoms with Crippen molar-refractivity contribution in [3.8, 4) is 0 Å². The Kier molecular flexibility index (Phi) is 9.47. The van der Waals surface area contributed by atoms with Crippen molar-refractivity contribution in [1.82, 2.24) is 10.2 Å². The minimum atomic E-state index is 0. The van der Waals surface area contributed by atoms with Crippen molar-refractivity contribution in [2.75, 3.05) is 27.2 Å². The molecule has 0 spiro atoms. The minimum absolute atomic E-state index is 0. The Balaban J connectivity index is 0. The van der Waals surface area contributed by atoms with Gasteiger partial charge in [0, 0.05) is 19.5 Å². The van der Waals surface area contributed by atoms with Gasteiger partial charge >= 0.3 is 0 Å². The summed E-state index contributed by atoms with van der Waals surface area (Å²) in [4.78, 5) is 12.7.